The Morgan fingerprint density at radius 1 is 1.44 bits per heavy atom. The molecule has 1 aromatic carbocycles. The van der Waals surface area contributed by atoms with Crippen LogP contribution in [0.4, 0.5) is 11.4 Å². The van der Waals surface area contributed by atoms with Gasteiger partial charge in [0.25, 0.3) is 5.91 Å². The summed E-state index contributed by atoms with van der Waals surface area (Å²) >= 11 is 5.81. The quantitative estimate of drug-likeness (QED) is 0.729. The van der Waals surface area contributed by atoms with Crippen molar-refractivity contribution in [3.05, 3.63) is 40.2 Å². The number of benzene rings is 1. The van der Waals surface area contributed by atoms with Gasteiger partial charge in [-0.05, 0) is 32.0 Å². The molecule has 0 radical (unpaired) electrons. The first-order valence-corrected chi connectivity index (χ1v) is 5.74. The van der Waals surface area contributed by atoms with Crippen LogP contribution in [0.2, 0.25) is 5.02 Å². The number of aryl methyl sites for hydroxylation is 2. The zero-order valence-corrected chi connectivity index (χ0v) is 10.8. The number of nitrogens with one attached hydrogen (secondary N) is 2. The Morgan fingerprint density at radius 2 is 2.17 bits per heavy atom. The molecule has 0 aliphatic rings. The highest BCUT2D eigenvalue weighted by molar-refractivity contribution is 6.33. The zero-order valence-electron chi connectivity index (χ0n) is 10.0. The Morgan fingerprint density at radius 3 is 2.72 bits per heavy atom. The molecule has 0 bridgehead atoms. The molecule has 0 unspecified atom stereocenters. The van der Waals surface area contributed by atoms with Crippen molar-refractivity contribution in [3.63, 3.8) is 0 Å². The lowest BCUT2D eigenvalue weighted by Crippen LogP contribution is -2.13. The Bertz CT molecular complexity index is 587. The van der Waals surface area contributed by atoms with Crippen molar-refractivity contribution < 1.29 is 4.79 Å². The van der Waals surface area contributed by atoms with Gasteiger partial charge in [0.2, 0.25) is 0 Å². The summed E-state index contributed by atoms with van der Waals surface area (Å²) in [7, 11) is 0. The molecule has 5 nitrogen and oxygen atoms in total. The summed E-state index contributed by atoms with van der Waals surface area (Å²) in [6.45, 7) is 3.65. The second kappa shape index (κ2) is 4.70. The minimum atomic E-state index is -0.244. The van der Waals surface area contributed by atoms with Gasteiger partial charge in [0.15, 0.2) is 0 Å². The number of halogens is 1. The van der Waals surface area contributed by atoms with Gasteiger partial charge in [0, 0.05) is 5.56 Å². The van der Waals surface area contributed by atoms with E-state index in [0.717, 1.165) is 11.4 Å². The maximum absolute atomic E-state index is 12.0. The van der Waals surface area contributed by atoms with Gasteiger partial charge in [-0.15, -0.1) is 0 Å². The number of aromatic nitrogens is 2. The molecule has 94 valence electrons. The molecule has 1 amide bonds. The number of anilines is 2. The number of H-pyrrole nitrogens is 1. The number of amides is 1. The van der Waals surface area contributed by atoms with E-state index in [1.54, 1.807) is 18.2 Å². The van der Waals surface area contributed by atoms with Crippen molar-refractivity contribution in [1.29, 1.82) is 0 Å². The van der Waals surface area contributed by atoms with Gasteiger partial charge < -0.3 is 11.1 Å². The molecule has 2 aromatic rings. The van der Waals surface area contributed by atoms with Crippen LogP contribution in [-0.2, 0) is 0 Å². The lowest BCUT2D eigenvalue weighted by atomic mass is 10.2. The van der Waals surface area contributed by atoms with E-state index in [9.17, 15) is 4.79 Å². The first kappa shape index (κ1) is 12.4. The molecule has 2 rings (SSSR count). The maximum atomic E-state index is 12.0. The highest BCUT2D eigenvalue weighted by Gasteiger charge is 2.12. The fourth-order valence-corrected chi connectivity index (χ4v) is 1.72. The van der Waals surface area contributed by atoms with Crippen LogP contribution < -0.4 is 11.1 Å². The van der Waals surface area contributed by atoms with Gasteiger partial charge in [0.1, 0.15) is 0 Å². The highest BCUT2D eigenvalue weighted by Crippen LogP contribution is 2.21. The predicted molar refractivity (Wildman–Crippen MR) is 71.9 cm³/mol. The molecule has 1 aromatic heterocycles. The number of carbonyl (C=O) groups excluding carboxylic acids is 1. The van der Waals surface area contributed by atoms with Crippen molar-refractivity contribution >= 4 is 28.9 Å². The number of nitrogens with zero attached hydrogens (tertiary/aromatic N) is 1. The molecular formula is C12H13ClN4O. The van der Waals surface area contributed by atoms with Crippen LogP contribution >= 0.6 is 11.6 Å². The summed E-state index contributed by atoms with van der Waals surface area (Å²) in [5.41, 5.74) is 8.73. The van der Waals surface area contributed by atoms with Crippen molar-refractivity contribution in [1.82, 2.24) is 10.2 Å². The number of rotatable bonds is 2. The Kier molecular flexibility index (Phi) is 3.25. The summed E-state index contributed by atoms with van der Waals surface area (Å²) in [4.78, 5) is 12.0. The summed E-state index contributed by atoms with van der Waals surface area (Å²) in [5.74, 6) is -0.244. The van der Waals surface area contributed by atoms with E-state index in [-0.39, 0.29) is 5.91 Å². The number of aromatic amines is 1. The molecule has 0 saturated heterocycles. The van der Waals surface area contributed by atoms with Crippen molar-refractivity contribution in [2.24, 2.45) is 0 Å². The smallest absolute Gasteiger partial charge is 0.255 e. The van der Waals surface area contributed by atoms with Crippen LogP contribution in [0, 0.1) is 13.8 Å². The molecule has 6 heteroatoms. The summed E-state index contributed by atoms with van der Waals surface area (Å²) in [5, 5.41) is 10.0. The third kappa shape index (κ3) is 2.31. The molecule has 0 fully saturated rings. The van der Waals surface area contributed by atoms with Crippen LogP contribution in [0.5, 0.6) is 0 Å². The Labute approximate surface area is 109 Å². The molecule has 0 atom stereocenters. The molecule has 0 aliphatic heterocycles. The van der Waals surface area contributed by atoms with Crippen LogP contribution in [0.15, 0.2) is 18.2 Å². The minimum absolute atomic E-state index is 0.244. The fraction of sp³-hybridized carbons (Fsp3) is 0.167. The van der Waals surface area contributed by atoms with Gasteiger partial charge in [-0.1, -0.05) is 11.6 Å². The van der Waals surface area contributed by atoms with E-state index >= 15 is 0 Å². The van der Waals surface area contributed by atoms with Crippen molar-refractivity contribution in [3.8, 4) is 0 Å². The average Bonchev–Trinajstić information content (AvgIpc) is 2.64. The molecule has 0 spiro atoms. The summed E-state index contributed by atoms with van der Waals surface area (Å²) in [6.07, 6.45) is 0. The SMILES string of the molecule is Cc1n[nH]c(C)c1NC(=O)c1ccc(Cl)c(N)c1. The monoisotopic (exact) mass is 264 g/mol. The van der Waals surface area contributed by atoms with E-state index in [4.69, 9.17) is 17.3 Å². The Balaban J connectivity index is 2.25. The third-order valence-electron chi connectivity index (χ3n) is 2.62. The highest BCUT2D eigenvalue weighted by atomic mass is 35.5. The van der Waals surface area contributed by atoms with Crippen molar-refractivity contribution in [2.75, 3.05) is 11.1 Å². The number of nitrogens with two attached hydrogens (primary N) is 1. The van der Waals surface area contributed by atoms with Gasteiger partial charge >= 0.3 is 0 Å². The summed E-state index contributed by atoms with van der Waals surface area (Å²) in [6, 6.07) is 4.77. The third-order valence-corrected chi connectivity index (χ3v) is 2.97. The number of hydrogen-bond donors (Lipinski definition) is 3. The topological polar surface area (TPSA) is 83.8 Å². The normalized spacial score (nSPS) is 10.4. The predicted octanol–water partition coefficient (Wildman–Crippen LogP) is 2.51. The lowest BCUT2D eigenvalue weighted by molar-refractivity contribution is 0.102. The zero-order chi connectivity index (χ0) is 13.3. The van der Waals surface area contributed by atoms with E-state index in [1.165, 1.54) is 0 Å². The van der Waals surface area contributed by atoms with E-state index in [2.05, 4.69) is 15.5 Å². The van der Waals surface area contributed by atoms with Crippen LogP contribution in [0.3, 0.4) is 0 Å². The van der Waals surface area contributed by atoms with E-state index in [1.807, 2.05) is 13.8 Å². The molecule has 18 heavy (non-hydrogen) atoms. The number of nitrogen functional groups attached to an aromatic ring is 1. The second-order valence-corrected chi connectivity index (χ2v) is 4.41. The van der Waals surface area contributed by atoms with Gasteiger partial charge in [-0.3, -0.25) is 9.89 Å². The standard InChI is InChI=1S/C12H13ClN4O/c1-6-11(7(2)17-16-6)15-12(18)8-3-4-9(13)10(14)5-8/h3-5H,14H2,1-2H3,(H,15,18)(H,16,17). The van der Waals surface area contributed by atoms with E-state index < -0.39 is 0 Å². The fourth-order valence-electron chi connectivity index (χ4n) is 1.61. The molecular weight excluding hydrogens is 252 g/mol. The first-order valence-electron chi connectivity index (χ1n) is 5.37. The summed E-state index contributed by atoms with van der Waals surface area (Å²) < 4.78 is 0. The molecule has 1 heterocycles. The van der Waals surface area contributed by atoms with E-state index in [0.29, 0.717) is 22.0 Å². The van der Waals surface area contributed by atoms with Gasteiger partial charge in [-0.25, -0.2) is 0 Å². The Hall–Kier alpha value is -2.01. The van der Waals surface area contributed by atoms with Crippen LogP contribution in [0.25, 0.3) is 0 Å². The lowest BCUT2D eigenvalue weighted by Gasteiger charge is -2.06. The maximum Gasteiger partial charge on any atom is 0.255 e. The van der Waals surface area contributed by atoms with Gasteiger partial charge in [0.05, 0.1) is 27.8 Å². The molecule has 0 aliphatic carbocycles. The number of hydrogen-bond acceptors (Lipinski definition) is 3. The second-order valence-electron chi connectivity index (χ2n) is 4.00. The van der Waals surface area contributed by atoms with Crippen LogP contribution in [0.1, 0.15) is 21.7 Å². The number of carbonyl (C=O) groups is 1. The minimum Gasteiger partial charge on any atom is -0.398 e. The molecule has 0 saturated carbocycles. The van der Waals surface area contributed by atoms with Crippen LogP contribution in [-0.4, -0.2) is 16.1 Å². The first-order chi connectivity index (χ1) is 8.49. The largest absolute Gasteiger partial charge is 0.398 e. The van der Waals surface area contributed by atoms with Gasteiger partial charge in [-0.2, -0.15) is 5.10 Å². The molecule has 4 N–H and O–H groups in total. The average molecular weight is 265 g/mol. The van der Waals surface area contributed by atoms with Crippen molar-refractivity contribution in [2.45, 2.75) is 13.8 Å².